The molecule has 0 aliphatic heterocycles. The highest BCUT2D eigenvalue weighted by molar-refractivity contribution is 6.81. The fourth-order valence-corrected chi connectivity index (χ4v) is 5.14. The van der Waals surface area contributed by atoms with E-state index in [1.54, 1.807) is 17.6 Å². The molecular weight excluding hydrogens is 514 g/mol. The van der Waals surface area contributed by atoms with Gasteiger partial charge in [-0.15, -0.1) is 6.58 Å². The summed E-state index contributed by atoms with van der Waals surface area (Å²) in [4.78, 5) is 26.9. The molecule has 0 radical (unpaired) electrons. The number of allylic oxidation sites excluding steroid dienone is 1. The number of nitrogens with zero attached hydrogens (tertiary/aromatic N) is 1. The van der Waals surface area contributed by atoms with Gasteiger partial charge in [-0.25, -0.2) is 0 Å². The van der Waals surface area contributed by atoms with Crippen molar-refractivity contribution < 1.29 is 14.3 Å². The minimum Gasteiger partial charge on any atom is -0.377 e. The van der Waals surface area contributed by atoms with Crippen molar-refractivity contribution >= 4 is 19.9 Å². The van der Waals surface area contributed by atoms with Gasteiger partial charge in [-0.05, 0) is 49.5 Å². The minimum atomic E-state index is -1.61. The predicted molar refractivity (Wildman–Crippen MR) is 167 cm³/mol. The Morgan fingerprint density at radius 3 is 2.12 bits per heavy atom. The van der Waals surface area contributed by atoms with Gasteiger partial charge in [-0.3, -0.25) is 9.59 Å². The van der Waals surface area contributed by atoms with Crippen LogP contribution in [0.25, 0.3) is 6.08 Å². The van der Waals surface area contributed by atoms with E-state index in [9.17, 15) is 9.59 Å². The van der Waals surface area contributed by atoms with Gasteiger partial charge in [0.2, 0.25) is 0 Å². The molecule has 0 bridgehead atoms. The number of carbonyl (C=O) groups excluding carboxylic acids is 1. The lowest BCUT2D eigenvalue weighted by molar-refractivity contribution is 0.0888. The average molecular weight is 558 g/mol. The Kier molecular flexibility index (Phi) is 12.1. The van der Waals surface area contributed by atoms with Crippen LogP contribution in [-0.2, 0) is 29.1 Å². The molecule has 0 spiro atoms. The monoisotopic (exact) mass is 557 g/mol. The Hall–Kier alpha value is -3.32. The predicted octanol–water partition coefficient (Wildman–Crippen LogP) is 7.42. The van der Waals surface area contributed by atoms with Gasteiger partial charge in [0.1, 0.15) is 0 Å². The van der Waals surface area contributed by atoms with Crippen LogP contribution in [0.3, 0.4) is 0 Å². The molecule has 5 nitrogen and oxygen atoms in total. The number of hydrogen-bond acceptors (Lipinski definition) is 4. The summed E-state index contributed by atoms with van der Waals surface area (Å²) in [6.45, 7) is 14.0. The first-order chi connectivity index (χ1) is 19.2. The molecule has 1 aromatic heterocycles. The van der Waals surface area contributed by atoms with E-state index in [0.29, 0.717) is 62.5 Å². The lowest BCUT2D eigenvalue weighted by Crippen LogP contribution is -2.33. The fourth-order valence-electron chi connectivity index (χ4n) is 4.48. The van der Waals surface area contributed by atoms with Gasteiger partial charge in [0.25, 0.3) is 5.56 Å². The highest BCUT2D eigenvalue weighted by Gasteiger charge is 2.22. The first-order valence-electron chi connectivity index (χ1n) is 14.0. The van der Waals surface area contributed by atoms with Crippen LogP contribution in [-0.4, -0.2) is 31.6 Å². The van der Waals surface area contributed by atoms with Crippen molar-refractivity contribution in [2.24, 2.45) is 0 Å². The summed E-state index contributed by atoms with van der Waals surface area (Å²) in [5.41, 5.74) is 6.11. The van der Waals surface area contributed by atoms with Gasteiger partial charge in [0.05, 0.1) is 39.6 Å². The van der Waals surface area contributed by atoms with Crippen LogP contribution >= 0.6 is 0 Å². The number of Topliss-reactive ketones (excluding diaryl/α,β-unsaturated/α-hetero) is 1. The van der Waals surface area contributed by atoms with Crippen LogP contribution in [0.2, 0.25) is 19.6 Å². The number of aromatic nitrogens is 1. The minimum absolute atomic E-state index is 0.0619. The summed E-state index contributed by atoms with van der Waals surface area (Å²) in [7, 11) is -1.61. The third-order valence-electron chi connectivity index (χ3n) is 6.54. The molecule has 0 unspecified atom stereocenters. The molecular formula is C34H43NO4Si. The van der Waals surface area contributed by atoms with Crippen LogP contribution in [0.5, 0.6) is 0 Å². The van der Waals surface area contributed by atoms with Crippen molar-refractivity contribution in [3.8, 4) is 0 Å². The Balaban J connectivity index is 1.91. The molecule has 1 heterocycles. The van der Waals surface area contributed by atoms with Crippen LogP contribution in [0, 0.1) is 0 Å². The average Bonchev–Trinajstić information content (AvgIpc) is 2.92. The Labute approximate surface area is 240 Å². The van der Waals surface area contributed by atoms with E-state index in [-0.39, 0.29) is 17.4 Å². The largest absolute Gasteiger partial charge is 0.377 e. The highest BCUT2D eigenvalue weighted by atomic mass is 28.3. The molecule has 1 atom stereocenters. The third-order valence-corrected chi connectivity index (χ3v) is 7.71. The van der Waals surface area contributed by atoms with Crippen molar-refractivity contribution in [2.45, 2.75) is 65.1 Å². The van der Waals surface area contributed by atoms with E-state index in [1.165, 1.54) is 0 Å². The van der Waals surface area contributed by atoms with Crippen LogP contribution in [0.15, 0.2) is 89.9 Å². The smallest absolute Gasteiger partial charge is 0.254 e. The molecule has 212 valence electrons. The molecule has 0 amide bonds. The van der Waals surface area contributed by atoms with Gasteiger partial charge >= 0.3 is 0 Å². The van der Waals surface area contributed by atoms with E-state index in [1.807, 2.05) is 72.8 Å². The fraction of sp³-hybridized carbons (Fsp3) is 0.353. The first kappa shape index (κ1) is 31.2. The van der Waals surface area contributed by atoms with Gasteiger partial charge in [0, 0.05) is 17.7 Å². The second kappa shape index (κ2) is 15.5. The first-order valence-corrected chi connectivity index (χ1v) is 17.6. The van der Waals surface area contributed by atoms with Gasteiger partial charge in [0.15, 0.2) is 5.78 Å². The SMILES string of the molecule is C=CC[C@@H](COCc1ccccc1)n1c(/C=C/[Si](C)(C)C)c(C(C)=O)cc(CCCOCc2ccccc2)c1=O. The lowest BCUT2D eigenvalue weighted by atomic mass is 10.0. The number of benzene rings is 2. The summed E-state index contributed by atoms with van der Waals surface area (Å²) >= 11 is 0. The van der Waals surface area contributed by atoms with E-state index in [0.717, 1.165) is 11.1 Å². The highest BCUT2D eigenvalue weighted by Crippen LogP contribution is 2.22. The van der Waals surface area contributed by atoms with Crippen LogP contribution in [0.1, 0.15) is 58.5 Å². The normalized spacial score (nSPS) is 12.5. The van der Waals surface area contributed by atoms with Crippen LogP contribution < -0.4 is 5.56 Å². The van der Waals surface area contributed by atoms with E-state index in [2.05, 4.69) is 31.9 Å². The summed E-state index contributed by atoms with van der Waals surface area (Å²) in [5.74, 6) is -0.0619. The standard InChI is InChI=1S/C34H43NO4Si/c1-6-14-31(26-39-25-29-17-11-8-12-18-29)35-33(20-22-40(3,4)5)32(27(2)36)23-30(34(35)37)19-13-21-38-24-28-15-9-7-10-16-28/h6-12,15-18,20,22-23,31H,1,13-14,19,21,24-26H2,2-5H3/b22-20+/t31-/m0/s1. The van der Waals surface area contributed by atoms with Gasteiger partial charge in [-0.2, -0.15) is 0 Å². The maximum atomic E-state index is 14.0. The lowest BCUT2D eigenvalue weighted by Gasteiger charge is -2.24. The Bertz CT molecular complexity index is 1320. The zero-order chi connectivity index (χ0) is 29.0. The number of pyridine rings is 1. The summed E-state index contributed by atoms with van der Waals surface area (Å²) in [5, 5.41) is 0. The van der Waals surface area contributed by atoms with Crippen molar-refractivity contribution in [3.05, 3.63) is 123 Å². The van der Waals surface area contributed by atoms with Crippen molar-refractivity contribution in [3.63, 3.8) is 0 Å². The summed E-state index contributed by atoms with van der Waals surface area (Å²) < 4.78 is 13.7. The zero-order valence-electron chi connectivity index (χ0n) is 24.4. The van der Waals surface area contributed by atoms with Crippen LogP contribution in [0.4, 0.5) is 0 Å². The summed E-state index contributed by atoms with van der Waals surface area (Å²) in [6, 6.07) is 21.5. The molecule has 2 aromatic carbocycles. The number of ketones is 1. The number of hydrogen-bond donors (Lipinski definition) is 0. The summed E-state index contributed by atoms with van der Waals surface area (Å²) in [6.07, 6.45) is 5.54. The third kappa shape index (κ3) is 9.70. The van der Waals surface area contributed by atoms with Crippen molar-refractivity contribution in [1.29, 1.82) is 0 Å². The molecule has 3 aromatic rings. The topological polar surface area (TPSA) is 57.5 Å². The molecule has 0 aliphatic carbocycles. The molecule has 0 aliphatic rings. The van der Waals surface area contributed by atoms with E-state index >= 15 is 0 Å². The molecule has 0 saturated carbocycles. The second-order valence-corrected chi connectivity index (χ2v) is 16.3. The van der Waals surface area contributed by atoms with Gasteiger partial charge < -0.3 is 14.0 Å². The number of ether oxygens (including phenoxy) is 2. The zero-order valence-corrected chi connectivity index (χ0v) is 25.4. The number of aryl methyl sites for hydroxylation is 1. The maximum absolute atomic E-state index is 14.0. The number of carbonyl (C=O) groups is 1. The Morgan fingerprint density at radius 1 is 0.975 bits per heavy atom. The maximum Gasteiger partial charge on any atom is 0.254 e. The van der Waals surface area contributed by atoms with E-state index < -0.39 is 8.07 Å². The molecule has 0 fully saturated rings. The molecule has 6 heteroatoms. The number of rotatable bonds is 16. The molecule has 0 N–H and O–H groups in total. The molecule has 0 saturated heterocycles. The molecule has 3 rings (SSSR count). The van der Waals surface area contributed by atoms with Crippen molar-refractivity contribution in [2.75, 3.05) is 13.2 Å². The quantitative estimate of drug-likeness (QED) is 0.0796. The Morgan fingerprint density at radius 2 is 1.57 bits per heavy atom. The molecule has 40 heavy (non-hydrogen) atoms. The van der Waals surface area contributed by atoms with Crippen molar-refractivity contribution in [1.82, 2.24) is 4.57 Å². The second-order valence-electron chi connectivity index (χ2n) is 11.2. The van der Waals surface area contributed by atoms with E-state index in [4.69, 9.17) is 9.47 Å². The van der Waals surface area contributed by atoms with Gasteiger partial charge in [-0.1, -0.05) is 92.1 Å².